The van der Waals surface area contributed by atoms with E-state index in [9.17, 15) is 33.9 Å². The van der Waals surface area contributed by atoms with Crippen LogP contribution in [0.4, 0.5) is 41.6 Å². The molecule has 1 aliphatic heterocycles. The molecule has 632 valence electrons. The van der Waals surface area contributed by atoms with Gasteiger partial charge in [-0.2, -0.15) is 0 Å². The van der Waals surface area contributed by atoms with E-state index in [0.717, 1.165) is 39.7 Å². The topological polar surface area (TPSA) is 416 Å². The summed E-state index contributed by atoms with van der Waals surface area (Å²) in [5.41, 5.74) is 10.2. The van der Waals surface area contributed by atoms with Crippen LogP contribution in [0, 0.1) is 30.5 Å². The molecule has 5 heterocycles. The van der Waals surface area contributed by atoms with Crippen LogP contribution >= 0.6 is 22.7 Å². The number of carboxylic acids is 2. The molecule has 8 rings (SSSR count). The van der Waals surface area contributed by atoms with Crippen molar-refractivity contribution in [3.05, 3.63) is 117 Å². The number of carboxylic acid groups (broad SMARTS) is 2. The average Bonchev–Trinajstić information content (AvgIpc) is 1.48. The van der Waals surface area contributed by atoms with E-state index >= 15 is 4.39 Å². The van der Waals surface area contributed by atoms with Crippen molar-refractivity contribution in [1.82, 2.24) is 51.1 Å². The number of rotatable bonds is 53. The van der Waals surface area contributed by atoms with Gasteiger partial charge < -0.3 is 104 Å². The lowest BCUT2D eigenvalue weighted by Crippen LogP contribution is -2.55. The number of alkyl carbamates (subject to hydrolysis) is 1. The zero-order chi connectivity index (χ0) is 83.2. The lowest BCUT2D eigenvalue weighted by molar-refractivity contribution is -0.896. The van der Waals surface area contributed by atoms with Crippen molar-refractivity contribution in [2.75, 3.05) is 162 Å². The fraction of sp³-hybridized carbons (Fsp3) is 0.544. The number of primary amides is 1. The number of aromatic nitrogens is 7. The number of hydrogen-bond donors (Lipinski definition) is 8. The number of aliphatic carboxylic acids is 1. The number of para-hydroxylation sites is 1. The number of nitrogens with two attached hydrogens (primary N) is 1. The molecule has 0 unspecified atom stereocenters. The van der Waals surface area contributed by atoms with Gasteiger partial charge in [0, 0.05) is 45.9 Å². The molecule has 0 saturated heterocycles. The number of nitrogens with zero attached hydrogens (tertiary/aromatic N) is 9. The molecule has 2 atom stereocenters. The van der Waals surface area contributed by atoms with Crippen LogP contribution in [0.1, 0.15) is 116 Å². The van der Waals surface area contributed by atoms with Gasteiger partial charge in [-0.15, -0.1) is 26.6 Å². The number of fused-ring (bicyclic) bond motifs is 2. The number of urea groups is 1. The summed E-state index contributed by atoms with van der Waals surface area (Å²) in [7, 11) is 3.99. The number of thiazole rings is 2. The van der Waals surface area contributed by atoms with Gasteiger partial charge in [-0.25, -0.2) is 33.4 Å². The predicted molar refractivity (Wildman–Crippen MR) is 431 cm³/mol. The van der Waals surface area contributed by atoms with Crippen LogP contribution < -0.4 is 42.0 Å². The molecule has 116 heavy (non-hydrogen) atoms. The third kappa shape index (κ3) is 32.4. The molecule has 5 amide bonds. The number of aryl methyl sites for hydroxylation is 1. The van der Waals surface area contributed by atoms with E-state index in [1.165, 1.54) is 34.8 Å². The summed E-state index contributed by atoms with van der Waals surface area (Å²) >= 11 is 2.81. The first-order chi connectivity index (χ1) is 55.8. The van der Waals surface area contributed by atoms with E-state index in [1.54, 1.807) is 63.7 Å². The first kappa shape index (κ1) is 91.8. The summed E-state index contributed by atoms with van der Waals surface area (Å²) in [6.45, 7) is 18.7. The third-order valence-corrected chi connectivity index (χ3v) is 19.5. The molecule has 4 aromatic heterocycles. The monoisotopic (exact) mass is 1650 g/mol. The quantitative estimate of drug-likeness (QED) is 0.0101. The smallest absolute Gasteiger partial charge is 0.408 e. The van der Waals surface area contributed by atoms with Crippen LogP contribution in [0.2, 0.25) is 0 Å². The molecular formula is C79H109FN15O19S2+. The minimum atomic E-state index is -1.16. The summed E-state index contributed by atoms with van der Waals surface area (Å²) in [5.74, 6) is 3.32. The molecule has 9 N–H and O–H groups in total. The van der Waals surface area contributed by atoms with Crippen LogP contribution in [-0.4, -0.2) is 249 Å². The number of aromatic carboxylic acids is 1. The Morgan fingerprint density at radius 2 is 1.40 bits per heavy atom. The van der Waals surface area contributed by atoms with Gasteiger partial charge in [0.1, 0.15) is 36.5 Å². The highest BCUT2D eigenvalue weighted by Gasteiger charge is 2.33. The number of quaternary nitrogens is 1. The van der Waals surface area contributed by atoms with Crippen molar-refractivity contribution in [1.29, 1.82) is 0 Å². The van der Waals surface area contributed by atoms with E-state index in [0.29, 0.717) is 192 Å². The second kappa shape index (κ2) is 48.1. The van der Waals surface area contributed by atoms with Gasteiger partial charge >= 0.3 is 24.1 Å². The molecule has 3 aromatic carbocycles. The van der Waals surface area contributed by atoms with Gasteiger partial charge in [0.05, 0.1) is 169 Å². The zero-order valence-electron chi connectivity index (χ0n) is 67.1. The van der Waals surface area contributed by atoms with Gasteiger partial charge in [-0.1, -0.05) is 54.5 Å². The normalized spacial score (nSPS) is 12.7. The highest BCUT2D eigenvalue weighted by atomic mass is 32.1. The van der Waals surface area contributed by atoms with E-state index in [4.69, 9.17) is 67.9 Å². The second-order valence-electron chi connectivity index (χ2n) is 28.9. The molecule has 7 aromatic rings. The van der Waals surface area contributed by atoms with Crippen molar-refractivity contribution in [3.63, 3.8) is 0 Å². The predicted octanol–water partition coefficient (Wildman–Crippen LogP) is 8.49. The van der Waals surface area contributed by atoms with E-state index in [2.05, 4.69) is 63.9 Å². The van der Waals surface area contributed by atoms with Crippen molar-refractivity contribution in [2.45, 2.75) is 130 Å². The summed E-state index contributed by atoms with van der Waals surface area (Å²) < 4.78 is 80.4. The number of ether oxygens (including phenoxy) is 11. The SMILES string of the molecule is Cc1c(Nc2nc3ccccc3s2)nnc2c1CCCN2c1nc(C(=O)O)c(CCCOc2ccc(C#CC[N+](C)(C)Cc3ccc(NC(=O)[C@H](CCCNC(N)=O)NC(=O)[C@@H](NC(=O)OC(C)(C)C)C(C)C)cc3COCc3cn(CCOCCOCCOCCOCCOCCOCCOCCOCCC(=O)O)nn3)cc2F)s1. The zero-order valence-corrected chi connectivity index (χ0v) is 68.8. The fourth-order valence-corrected chi connectivity index (χ4v) is 13.6. The Balaban J connectivity index is 0.807. The van der Waals surface area contributed by atoms with Crippen molar-refractivity contribution in [2.24, 2.45) is 11.7 Å². The first-order valence-electron chi connectivity index (χ1n) is 38.6. The fourth-order valence-electron chi connectivity index (χ4n) is 11.7. The second-order valence-corrected chi connectivity index (χ2v) is 31.0. The molecule has 1 aliphatic rings. The number of benzene rings is 3. The molecular weight excluding hydrogens is 1550 g/mol. The number of halogens is 1. The molecule has 37 heteroatoms. The maximum atomic E-state index is 15.7. The van der Waals surface area contributed by atoms with Crippen LogP contribution in [0.5, 0.6) is 5.75 Å². The number of nitrogens with one attached hydrogen (secondary N) is 5. The van der Waals surface area contributed by atoms with Crippen LogP contribution in [0.25, 0.3) is 10.2 Å². The Morgan fingerprint density at radius 1 is 0.733 bits per heavy atom. The van der Waals surface area contributed by atoms with Crippen molar-refractivity contribution >= 4 is 96.4 Å². The molecule has 34 nitrogen and oxygen atoms in total. The molecule has 0 radical (unpaired) electrons. The minimum Gasteiger partial charge on any atom is -0.491 e. The summed E-state index contributed by atoms with van der Waals surface area (Å²) in [6, 6.07) is 14.8. The Hall–Kier alpha value is -9.69. The van der Waals surface area contributed by atoms with Gasteiger partial charge in [0.2, 0.25) is 11.8 Å². The van der Waals surface area contributed by atoms with Crippen LogP contribution in [0.15, 0.2) is 66.9 Å². The highest BCUT2D eigenvalue weighted by molar-refractivity contribution is 7.22. The Morgan fingerprint density at radius 3 is 2.03 bits per heavy atom. The van der Waals surface area contributed by atoms with Gasteiger partial charge in [0.25, 0.3) is 0 Å². The van der Waals surface area contributed by atoms with E-state index in [-0.39, 0.29) is 63.7 Å². The Bertz CT molecular complexity index is 4320. The maximum absolute atomic E-state index is 15.7. The van der Waals surface area contributed by atoms with E-state index in [1.807, 2.05) is 56.3 Å². The molecule has 0 fully saturated rings. The molecule has 0 spiro atoms. The first-order valence-corrected chi connectivity index (χ1v) is 40.2. The van der Waals surface area contributed by atoms with Crippen LogP contribution in [-0.2, 0) is 101 Å². The van der Waals surface area contributed by atoms with Gasteiger partial charge in [-0.05, 0) is 126 Å². The number of anilines is 5. The average molecular weight is 1660 g/mol. The van der Waals surface area contributed by atoms with Crippen molar-refractivity contribution in [3.8, 4) is 17.6 Å². The largest absolute Gasteiger partial charge is 0.491 e. The third-order valence-electron chi connectivity index (χ3n) is 17.4. The number of hydrogen-bond acceptors (Lipinski definition) is 27. The standard InChI is InChI=1S/C79H108FN15O19S2/c1-53(2)68(87-78(103)114-79(4,5)6)73(99)84-63(18-11-26-82-75(81)102)72(98)83-58-23-22-56(57(48-58)51-112-52-59-49-93(92-89-59)28-32-105-34-36-107-38-40-109-42-44-111-46-45-110-43-41-108-39-37-106-35-33-104-31-25-67(96)97)50-95(7,8)29-13-15-55-21-24-64(61(80)47-55)113-30-14-20-66-69(74(100)101)86-77(116-66)94-27-12-16-60-54(3)70(90-91-71(60)94)88-76-85-62-17-9-10-19-65(62)115-76/h9-10,17,19,21-24,47-49,53,63,68H,11-12,14,16,18,20,25-46,50-52H2,1-8H3,(H8-,81,82,83,84,85,87,88,90,96,97,98,99,100,101,102,103)/p+1/t63-,68-/m0/s1. The molecule has 0 saturated carbocycles. The Kier molecular flexibility index (Phi) is 38.1. The van der Waals surface area contributed by atoms with Crippen LogP contribution in [0.3, 0.4) is 0 Å². The number of carbonyl (C=O) groups is 6. The highest BCUT2D eigenvalue weighted by Crippen LogP contribution is 2.39. The lowest BCUT2D eigenvalue weighted by atomic mass is 10.0. The summed E-state index contributed by atoms with van der Waals surface area (Å²) in [5, 5.41) is 52.0. The molecule has 0 bridgehead atoms. The lowest BCUT2D eigenvalue weighted by Gasteiger charge is -2.29. The summed E-state index contributed by atoms with van der Waals surface area (Å²) in [4.78, 5) is 87.4. The van der Waals surface area contributed by atoms with Crippen molar-refractivity contribution < 1.29 is 100.0 Å². The maximum Gasteiger partial charge on any atom is 0.408 e. The molecule has 0 aliphatic carbocycles. The summed E-state index contributed by atoms with van der Waals surface area (Å²) in [6.07, 6.45) is 3.52. The Labute approximate surface area is 682 Å². The number of amides is 5. The van der Waals surface area contributed by atoms with Gasteiger partial charge in [0.15, 0.2) is 39.2 Å². The van der Waals surface area contributed by atoms with Gasteiger partial charge in [-0.3, -0.25) is 14.4 Å². The minimum absolute atomic E-state index is 0.0232. The van der Waals surface area contributed by atoms with E-state index < -0.39 is 65.3 Å². The number of carbonyl (C=O) groups excluding carboxylic acids is 4.